The van der Waals surface area contributed by atoms with Gasteiger partial charge in [-0.25, -0.2) is 8.42 Å². The van der Waals surface area contributed by atoms with Gasteiger partial charge < -0.3 is 14.8 Å². The molecule has 0 aromatic heterocycles. The van der Waals surface area contributed by atoms with Crippen LogP contribution in [0.1, 0.15) is 13.8 Å². The summed E-state index contributed by atoms with van der Waals surface area (Å²) in [5.41, 5.74) is -0.309. The molecule has 1 heterocycles. The topological polar surface area (TPSA) is 93.7 Å². The number of fused-ring (bicyclic) bond motifs is 1. The zero-order valence-electron chi connectivity index (χ0n) is 14.3. The van der Waals surface area contributed by atoms with E-state index in [9.17, 15) is 13.2 Å². The van der Waals surface area contributed by atoms with Crippen molar-refractivity contribution in [1.82, 2.24) is 0 Å². The summed E-state index contributed by atoms with van der Waals surface area (Å²) in [6, 6.07) is 8.92. The molecule has 0 fully saturated rings. The van der Waals surface area contributed by atoms with Gasteiger partial charge in [0.25, 0.3) is 15.9 Å². The van der Waals surface area contributed by atoms with Crippen molar-refractivity contribution in [3.8, 4) is 11.5 Å². The number of rotatable bonds is 4. The minimum Gasteiger partial charge on any atom is -0.495 e. The average Bonchev–Trinajstić information content (AvgIpc) is 2.55. The van der Waals surface area contributed by atoms with Gasteiger partial charge in [-0.05, 0) is 44.2 Å². The van der Waals surface area contributed by atoms with E-state index in [2.05, 4.69) is 10.0 Å². The van der Waals surface area contributed by atoms with Crippen molar-refractivity contribution in [2.24, 2.45) is 0 Å². The molecule has 0 unspecified atom stereocenters. The smallest absolute Gasteiger partial charge is 0.268 e. The van der Waals surface area contributed by atoms with Crippen LogP contribution in [0.15, 0.2) is 41.3 Å². The highest BCUT2D eigenvalue weighted by Gasteiger charge is 2.35. The third-order valence-electron chi connectivity index (χ3n) is 3.81. The number of ether oxygens (including phenoxy) is 2. The van der Waals surface area contributed by atoms with Gasteiger partial charge in [0.2, 0.25) is 0 Å². The largest absolute Gasteiger partial charge is 0.495 e. The van der Waals surface area contributed by atoms with Gasteiger partial charge in [0.05, 0.1) is 18.5 Å². The molecule has 0 radical (unpaired) electrons. The molecule has 1 aliphatic rings. The van der Waals surface area contributed by atoms with Crippen molar-refractivity contribution in [2.75, 3.05) is 17.1 Å². The summed E-state index contributed by atoms with van der Waals surface area (Å²) in [6.45, 7) is 3.25. The van der Waals surface area contributed by atoms with E-state index in [0.29, 0.717) is 11.4 Å². The lowest BCUT2D eigenvalue weighted by Gasteiger charge is -2.31. The zero-order valence-corrected chi connectivity index (χ0v) is 15.9. The second-order valence-corrected chi connectivity index (χ2v) is 8.27. The lowest BCUT2D eigenvalue weighted by atomic mass is 10.1. The predicted molar refractivity (Wildman–Crippen MR) is 98.6 cm³/mol. The predicted octanol–water partition coefficient (Wildman–Crippen LogP) is 3.26. The normalized spacial score (nSPS) is 15.5. The molecule has 1 aliphatic heterocycles. The number of halogens is 1. The molecular weight excluding hydrogens is 380 g/mol. The van der Waals surface area contributed by atoms with Crippen molar-refractivity contribution in [1.29, 1.82) is 0 Å². The lowest BCUT2D eigenvalue weighted by molar-refractivity contribution is -0.129. The Labute approximate surface area is 156 Å². The van der Waals surface area contributed by atoms with Gasteiger partial charge in [-0.15, -0.1) is 0 Å². The highest BCUT2D eigenvalue weighted by Crippen LogP contribution is 2.36. The van der Waals surface area contributed by atoms with Crippen molar-refractivity contribution in [2.45, 2.75) is 24.3 Å². The van der Waals surface area contributed by atoms with Crippen LogP contribution in [0.5, 0.6) is 11.5 Å². The summed E-state index contributed by atoms with van der Waals surface area (Å²) < 4.78 is 38.7. The van der Waals surface area contributed by atoms with E-state index in [1.54, 1.807) is 19.9 Å². The maximum atomic E-state index is 12.7. The van der Waals surface area contributed by atoms with Crippen LogP contribution in [0.3, 0.4) is 0 Å². The number of anilines is 2. The van der Waals surface area contributed by atoms with Crippen molar-refractivity contribution < 1.29 is 22.7 Å². The minimum atomic E-state index is -3.95. The van der Waals surface area contributed by atoms with Crippen LogP contribution in [-0.4, -0.2) is 27.0 Å². The van der Waals surface area contributed by atoms with Crippen LogP contribution in [-0.2, 0) is 14.8 Å². The van der Waals surface area contributed by atoms with Gasteiger partial charge in [-0.3, -0.25) is 9.52 Å². The molecule has 2 N–H and O–H groups in total. The fourth-order valence-corrected chi connectivity index (χ4v) is 3.92. The van der Waals surface area contributed by atoms with Crippen molar-refractivity contribution in [3.05, 3.63) is 41.4 Å². The first kappa shape index (κ1) is 18.3. The van der Waals surface area contributed by atoms with Crippen LogP contribution >= 0.6 is 11.6 Å². The number of hydrogen-bond acceptors (Lipinski definition) is 5. The van der Waals surface area contributed by atoms with Crippen LogP contribution < -0.4 is 19.5 Å². The summed E-state index contributed by atoms with van der Waals surface area (Å²) >= 11 is 5.91. The molecule has 3 rings (SSSR count). The molecule has 138 valence electrons. The van der Waals surface area contributed by atoms with E-state index in [-0.39, 0.29) is 27.3 Å². The van der Waals surface area contributed by atoms with Crippen molar-refractivity contribution in [3.63, 3.8) is 0 Å². The molecular formula is C17H17ClN2O5S. The highest BCUT2D eigenvalue weighted by atomic mass is 35.5. The second kappa shape index (κ2) is 6.37. The number of methoxy groups -OCH3 is 1. The summed E-state index contributed by atoms with van der Waals surface area (Å²) in [7, 11) is -2.57. The van der Waals surface area contributed by atoms with Crippen LogP contribution in [0.2, 0.25) is 5.02 Å². The van der Waals surface area contributed by atoms with E-state index in [0.717, 1.165) is 0 Å². The number of nitrogens with one attached hydrogen (secondary N) is 2. The number of hydrogen-bond donors (Lipinski definition) is 2. The number of carbonyl (C=O) groups is 1. The third-order valence-corrected chi connectivity index (χ3v) is 5.45. The number of benzene rings is 2. The Morgan fingerprint density at radius 2 is 1.92 bits per heavy atom. The molecule has 2 aromatic rings. The van der Waals surface area contributed by atoms with E-state index in [1.807, 2.05) is 0 Å². The first-order valence-corrected chi connectivity index (χ1v) is 9.49. The van der Waals surface area contributed by atoms with Gasteiger partial charge in [0.15, 0.2) is 5.60 Å². The Kier molecular flexibility index (Phi) is 4.49. The Morgan fingerprint density at radius 1 is 1.19 bits per heavy atom. The molecule has 26 heavy (non-hydrogen) atoms. The van der Waals surface area contributed by atoms with E-state index in [1.165, 1.54) is 37.4 Å². The fourth-order valence-electron chi connectivity index (χ4n) is 2.44. The molecule has 2 aromatic carbocycles. The molecule has 0 bridgehead atoms. The van der Waals surface area contributed by atoms with Gasteiger partial charge >= 0.3 is 0 Å². The van der Waals surface area contributed by atoms with Crippen LogP contribution in [0.25, 0.3) is 0 Å². The Hall–Kier alpha value is -2.45. The first-order chi connectivity index (χ1) is 12.1. The quantitative estimate of drug-likeness (QED) is 0.827. The molecule has 1 amide bonds. The Bertz CT molecular complexity index is 989. The lowest BCUT2D eigenvalue weighted by Crippen LogP contribution is -2.45. The zero-order chi connectivity index (χ0) is 19.1. The number of sulfonamides is 1. The van der Waals surface area contributed by atoms with E-state index in [4.69, 9.17) is 21.1 Å². The molecule has 0 saturated carbocycles. The SMILES string of the molecule is COc1ccc(Cl)cc1S(=O)(=O)Nc1ccc2c(c1)OC(C)(C)C(=O)N2. The maximum absolute atomic E-state index is 12.7. The summed E-state index contributed by atoms with van der Waals surface area (Å²) in [4.78, 5) is 11.8. The number of amides is 1. The highest BCUT2D eigenvalue weighted by molar-refractivity contribution is 7.92. The van der Waals surface area contributed by atoms with Crippen LogP contribution in [0, 0.1) is 0 Å². The van der Waals surface area contributed by atoms with E-state index < -0.39 is 15.6 Å². The summed E-state index contributed by atoms with van der Waals surface area (Å²) in [5, 5.41) is 2.99. The number of carbonyl (C=O) groups excluding carboxylic acids is 1. The van der Waals surface area contributed by atoms with E-state index >= 15 is 0 Å². The Morgan fingerprint density at radius 3 is 2.62 bits per heavy atom. The molecule has 0 spiro atoms. The van der Waals surface area contributed by atoms with Crippen LogP contribution in [0.4, 0.5) is 11.4 Å². The minimum absolute atomic E-state index is 0.0835. The van der Waals surface area contributed by atoms with Gasteiger partial charge in [-0.1, -0.05) is 11.6 Å². The average molecular weight is 397 g/mol. The Balaban J connectivity index is 1.95. The molecule has 0 atom stereocenters. The second-order valence-electron chi connectivity index (χ2n) is 6.18. The molecule has 0 aliphatic carbocycles. The summed E-state index contributed by atoms with van der Waals surface area (Å²) in [6.07, 6.45) is 0. The fraction of sp³-hybridized carbons (Fsp3) is 0.235. The van der Waals surface area contributed by atoms with Crippen molar-refractivity contribution >= 4 is 38.9 Å². The third kappa shape index (κ3) is 3.42. The van der Waals surface area contributed by atoms with Gasteiger partial charge in [0.1, 0.15) is 16.4 Å². The standard InChI is InChI=1S/C17H17ClN2O5S/c1-17(2)16(21)19-12-6-5-11(9-14(12)25-17)20-26(22,23)15-8-10(18)4-7-13(15)24-3/h4-9,20H,1-3H3,(H,19,21). The monoisotopic (exact) mass is 396 g/mol. The molecule has 0 saturated heterocycles. The molecule has 9 heteroatoms. The van der Waals surface area contributed by atoms with Gasteiger partial charge in [0, 0.05) is 11.1 Å². The molecule has 7 nitrogen and oxygen atoms in total. The summed E-state index contributed by atoms with van der Waals surface area (Å²) in [5.74, 6) is 0.263. The van der Waals surface area contributed by atoms with Gasteiger partial charge in [-0.2, -0.15) is 0 Å². The first-order valence-electron chi connectivity index (χ1n) is 7.63. The maximum Gasteiger partial charge on any atom is 0.268 e.